The van der Waals surface area contributed by atoms with E-state index >= 15 is 0 Å². The molecule has 0 radical (unpaired) electrons. The molecule has 1 aliphatic heterocycles. The molecule has 3 heteroatoms. The Kier molecular flexibility index (Phi) is 3.83. The molecule has 0 bridgehead atoms. The first-order valence-electron chi connectivity index (χ1n) is 8.91. The molecule has 0 amide bonds. The maximum atomic E-state index is 2.43. The van der Waals surface area contributed by atoms with Gasteiger partial charge in [-0.1, -0.05) is 24.3 Å². The molecule has 1 saturated heterocycles. The number of hydrogen-bond acceptors (Lipinski definition) is 0. The number of likely N-dealkylation sites (N-methyl/N-ethyl adjacent to an activating group) is 1. The van der Waals surface area contributed by atoms with Gasteiger partial charge < -0.3 is 14.4 Å². The van der Waals surface area contributed by atoms with Gasteiger partial charge in [-0.05, 0) is 25.1 Å². The first kappa shape index (κ1) is 14.7. The zero-order valence-corrected chi connectivity index (χ0v) is 14.2. The number of aryl methyl sites for hydroxylation is 1. The molecule has 0 spiro atoms. The zero-order chi connectivity index (χ0) is 15.8. The van der Waals surface area contributed by atoms with Crippen LogP contribution in [0.4, 0.5) is 0 Å². The summed E-state index contributed by atoms with van der Waals surface area (Å²) in [6.07, 6.45) is 0. The van der Waals surface area contributed by atoms with E-state index in [1.54, 1.807) is 9.80 Å². The van der Waals surface area contributed by atoms with Gasteiger partial charge in [0.15, 0.2) is 0 Å². The van der Waals surface area contributed by atoms with Gasteiger partial charge in [0.2, 0.25) is 0 Å². The van der Waals surface area contributed by atoms with Crippen molar-refractivity contribution in [2.75, 3.05) is 33.2 Å². The molecule has 0 aliphatic carbocycles. The number of hydrogen-bond donors (Lipinski definition) is 2. The Morgan fingerprint density at radius 3 is 2.43 bits per heavy atom. The van der Waals surface area contributed by atoms with Gasteiger partial charge in [0.25, 0.3) is 0 Å². The van der Waals surface area contributed by atoms with Crippen molar-refractivity contribution in [2.24, 2.45) is 0 Å². The molecule has 23 heavy (non-hydrogen) atoms. The molecule has 1 fully saturated rings. The number of para-hydroxylation sites is 1. The minimum Gasteiger partial charge on any atom is -0.341 e. The molecular weight excluding hydrogens is 282 g/mol. The van der Waals surface area contributed by atoms with Gasteiger partial charge >= 0.3 is 0 Å². The summed E-state index contributed by atoms with van der Waals surface area (Å²) < 4.78 is 2.43. The van der Waals surface area contributed by atoms with E-state index in [0.717, 1.165) is 13.1 Å². The first-order chi connectivity index (χ1) is 11.3. The van der Waals surface area contributed by atoms with E-state index < -0.39 is 0 Å². The van der Waals surface area contributed by atoms with Gasteiger partial charge in [-0.3, -0.25) is 0 Å². The number of nitrogens with zero attached hydrogens (tertiary/aromatic N) is 1. The van der Waals surface area contributed by atoms with Gasteiger partial charge in [0.05, 0.1) is 7.05 Å². The van der Waals surface area contributed by atoms with Crippen LogP contribution in [0.3, 0.4) is 0 Å². The number of fused-ring (bicyclic) bond motifs is 3. The summed E-state index contributed by atoms with van der Waals surface area (Å²) in [4.78, 5) is 3.41. The van der Waals surface area contributed by atoms with Crippen LogP contribution in [-0.2, 0) is 13.1 Å². The Morgan fingerprint density at radius 2 is 1.65 bits per heavy atom. The third kappa shape index (κ3) is 2.64. The summed E-state index contributed by atoms with van der Waals surface area (Å²) in [5, 5.41) is 2.81. The fraction of sp³-hybridized carbons (Fsp3) is 0.400. The first-order valence-corrected chi connectivity index (χ1v) is 8.91. The Labute approximate surface area is 138 Å². The highest BCUT2D eigenvalue weighted by Crippen LogP contribution is 2.29. The minimum absolute atomic E-state index is 1.02. The molecule has 1 aromatic heterocycles. The predicted octanol–water partition coefficient (Wildman–Crippen LogP) is 0.728. The predicted molar refractivity (Wildman–Crippen MR) is 96.1 cm³/mol. The highest BCUT2D eigenvalue weighted by atomic mass is 15.2. The van der Waals surface area contributed by atoms with Crippen molar-refractivity contribution in [2.45, 2.75) is 20.0 Å². The average Bonchev–Trinajstić information content (AvgIpc) is 2.90. The quantitative estimate of drug-likeness (QED) is 0.708. The van der Waals surface area contributed by atoms with E-state index in [1.807, 2.05) is 0 Å². The van der Waals surface area contributed by atoms with Crippen LogP contribution in [0.25, 0.3) is 21.8 Å². The third-order valence-corrected chi connectivity index (χ3v) is 5.42. The maximum absolute atomic E-state index is 2.43. The van der Waals surface area contributed by atoms with Crippen LogP contribution in [0.1, 0.15) is 12.5 Å². The van der Waals surface area contributed by atoms with Crippen molar-refractivity contribution in [1.29, 1.82) is 0 Å². The lowest BCUT2D eigenvalue weighted by Crippen LogP contribution is -3.26. The number of aromatic nitrogens is 1. The SMILES string of the molecule is CCn1c2ccccc2c2cc(C[NH+]3CC[NH+](C)CC3)ccc21. The van der Waals surface area contributed by atoms with Crippen LogP contribution in [-0.4, -0.2) is 37.8 Å². The monoisotopic (exact) mass is 309 g/mol. The summed E-state index contributed by atoms with van der Waals surface area (Å²) in [6.45, 7) is 9.60. The van der Waals surface area contributed by atoms with Crippen molar-refractivity contribution in [3.63, 3.8) is 0 Å². The second-order valence-corrected chi connectivity index (χ2v) is 7.00. The van der Waals surface area contributed by atoms with Crippen LogP contribution in [0.5, 0.6) is 0 Å². The van der Waals surface area contributed by atoms with Gasteiger partial charge in [0.1, 0.15) is 32.7 Å². The number of rotatable bonds is 3. The van der Waals surface area contributed by atoms with Gasteiger partial charge in [-0.15, -0.1) is 0 Å². The van der Waals surface area contributed by atoms with Crippen molar-refractivity contribution < 1.29 is 9.80 Å². The fourth-order valence-corrected chi connectivity index (χ4v) is 4.05. The van der Waals surface area contributed by atoms with E-state index in [2.05, 4.69) is 61.0 Å². The number of benzene rings is 2. The average molecular weight is 309 g/mol. The van der Waals surface area contributed by atoms with Crippen molar-refractivity contribution >= 4 is 21.8 Å². The van der Waals surface area contributed by atoms with E-state index in [9.17, 15) is 0 Å². The topological polar surface area (TPSA) is 13.8 Å². The molecule has 2 N–H and O–H groups in total. The summed E-state index contributed by atoms with van der Waals surface area (Å²) in [6, 6.07) is 15.9. The van der Waals surface area contributed by atoms with Crippen LogP contribution in [0, 0.1) is 0 Å². The van der Waals surface area contributed by atoms with Gasteiger partial charge in [0, 0.05) is 33.9 Å². The Bertz CT molecular complexity index is 825. The maximum Gasteiger partial charge on any atom is 0.127 e. The molecule has 0 saturated carbocycles. The zero-order valence-electron chi connectivity index (χ0n) is 14.2. The molecule has 2 heterocycles. The lowest BCUT2D eigenvalue weighted by molar-refractivity contribution is -1.01. The number of nitrogens with one attached hydrogen (secondary N) is 2. The van der Waals surface area contributed by atoms with E-state index in [1.165, 1.54) is 53.5 Å². The van der Waals surface area contributed by atoms with Crippen molar-refractivity contribution in [3.05, 3.63) is 48.0 Å². The van der Waals surface area contributed by atoms with Crippen LogP contribution < -0.4 is 9.80 Å². The van der Waals surface area contributed by atoms with Crippen molar-refractivity contribution in [1.82, 2.24) is 4.57 Å². The molecule has 3 nitrogen and oxygen atoms in total. The lowest BCUT2D eigenvalue weighted by atomic mass is 10.1. The lowest BCUT2D eigenvalue weighted by Gasteiger charge is -2.27. The number of piperazine rings is 1. The fourth-order valence-electron chi connectivity index (χ4n) is 4.05. The van der Waals surface area contributed by atoms with Gasteiger partial charge in [-0.2, -0.15) is 0 Å². The molecule has 120 valence electrons. The highest BCUT2D eigenvalue weighted by molar-refractivity contribution is 6.08. The van der Waals surface area contributed by atoms with Crippen LogP contribution in [0.2, 0.25) is 0 Å². The Morgan fingerprint density at radius 1 is 0.913 bits per heavy atom. The number of quaternary nitrogens is 2. The van der Waals surface area contributed by atoms with E-state index in [4.69, 9.17) is 0 Å². The summed E-state index contributed by atoms with van der Waals surface area (Å²) >= 11 is 0. The normalized spacial score (nSPS) is 22.0. The standard InChI is InChI=1S/C20H25N3/c1-3-23-19-7-5-4-6-17(19)18-14-16(8-9-20(18)23)15-22-12-10-21(2)11-13-22/h4-9,14H,3,10-13,15H2,1-2H3/p+2. The highest BCUT2D eigenvalue weighted by Gasteiger charge is 2.20. The minimum atomic E-state index is 1.02. The molecular formula is C20H27N3+2. The largest absolute Gasteiger partial charge is 0.341 e. The summed E-state index contributed by atoms with van der Waals surface area (Å²) in [5.41, 5.74) is 4.21. The third-order valence-electron chi connectivity index (χ3n) is 5.42. The smallest absolute Gasteiger partial charge is 0.127 e. The van der Waals surface area contributed by atoms with Gasteiger partial charge in [-0.25, -0.2) is 0 Å². The van der Waals surface area contributed by atoms with Crippen molar-refractivity contribution in [3.8, 4) is 0 Å². The molecule has 0 atom stereocenters. The molecule has 1 aliphatic rings. The second kappa shape index (κ2) is 5.99. The van der Waals surface area contributed by atoms with E-state index in [-0.39, 0.29) is 0 Å². The second-order valence-electron chi connectivity index (χ2n) is 7.00. The molecule has 4 rings (SSSR count). The summed E-state index contributed by atoms with van der Waals surface area (Å²) in [5.74, 6) is 0. The van der Waals surface area contributed by atoms with Crippen LogP contribution in [0.15, 0.2) is 42.5 Å². The summed E-state index contributed by atoms with van der Waals surface area (Å²) in [7, 11) is 2.31. The molecule has 0 unspecified atom stereocenters. The molecule has 3 aromatic rings. The van der Waals surface area contributed by atoms with Crippen LogP contribution >= 0.6 is 0 Å². The Hall–Kier alpha value is -1.84. The van der Waals surface area contributed by atoms with E-state index in [0.29, 0.717) is 0 Å². The Balaban J connectivity index is 1.71. The molecule has 2 aromatic carbocycles.